The van der Waals surface area contributed by atoms with Gasteiger partial charge in [-0.3, -0.25) is 0 Å². The van der Waals surface area contributed by atoms with Crippen molar-refractivity contribution in [2.45, 2.75) is 31.1 Å². The monoisotopic (exact) mass is 235 g/mol. The third-order valence-corrected chi connectivity index (χ3v) is 3.51. The van der Waals surface area contributed by atoms with Crippen LogP contribution in [-0.4, -0.2) is 33.1 Å². The van der Waals surface area contributed by atoms with Crippen molar-refractivity contribution in [3.05, 3.63) is 35.9 Å². The molecule has 94 valence electrons. The molecule has 0 saturated heterocycles. The molecule has 0 bridgehead atoms. The first kappa shape index (κ1) is 12.6. The maximum absolute atomic E-state index is 5.15. The van der Waals surface area contributed by atoms with Crippen molar-refractivity contribution in [2.75, 3.05) is 20.8 Å². The summed E-state index contributed by atoms with van der Waals surface area (Å²) in [4.78, 5) is 0. The number of hydrogen-bond donors (Lipinski definition) is 1. The summed E-state index contributed by atoms with van der Waals surface area (Å²) < 4.78 is 10.3. The Balaban J connectivity index is 1.69. The Morgan fingerprint density at radius 1 is 1.18 bits per heavy atom. The van der Waals surface area contributed by atoms with Crippen LogP contribution in [0.5, 0.6) is 0 Å². The predicted molar refractivity (Wildman–Crippen MR) is 68.0 cm³/mol. The molecule has 1 aliphatic carbocycles. The van der Waals surface area contributed by atoms with Crippen LogP contribution in [0, 0.1) is 0 Å². The van der Waals surface area contributed by atoms with Gasteiger partial charge in [-0.15, -0.1) is 0 Å². The summed E-state index contributed by atoms with van der Waals surface area (Å²) >= 11 is 0. The van der Waals surface area contributed by atoms with Gasteiger partial charge in [0.1, 0.15) is 0 Å². The summed E-state index contributed by atoms with van der Waals surface area (Å²) in [6.45, 7) is 0.763. The Bertz CT molecular complexity index is 318. The zero-order valence-corrected chi connectivity index (χ0v) is 10.6. The van der Waals surface area contributed by atoms with Crippen LogP contribution in [0.15, 0.2) is 30.3 Å². The lowest BCUT2D eigenvalue weighted by molar-refractivity contribution is -0.101. The third kappa shape index (κ3) is 3.28. The molecule has 17 heavy (non-hydrogen) atoms. The SMILES string of the molecule is COC(CNC1CC(c2ccccc2)C1)OC. The van der Waals surface area contributed by atoms with Crippen molar-refractivity contribution in [3.8, 4) is 0 Å². The number of benzene rings is 1. The molecule has 1 aliphatic rings. The van der Waals surface area contributed by atoms with Crippen molar-refractivity contribution in [1.82, 2.24) is 5.32 Å². The van der Waals surface area contributed by atoms with Crippen LogP contribution in [0.1, 0.15) is 24.3 Å². The van der Waals surface area contributed by atoms with E-state index in [1.54, 1.807) is 14.2 Å². The predicted octanol–water partition coefficient (Wildman–Crippen LogP) is 2.14. The van der Waals surface area contributed by atoms with Crippen molar-refractivity contribution < 1.29 is 9.47 Å². The fraction of sp³-hybridized carbons (Fsp3) is 0.571. The van der Waals surface area contributed by atoms with Crippen molar-refractivity contribution in [3.63, 3.8) is 0 Å². The Hall–Kier alpha value is -0.900. The largest absolute Gasteiger partial charge is 0.355 e. The summed E-state index contributed by atoms with van der Waals surface area (Å²) in [5.41, 5.74) is 1.46. The second-order valence-corrected chi connectivity index (χ2v) is 4.59. The molecule has 0 amide bonds. The molecular formula is C14H21NO2. The average molecular weight is 235 g/mol. The van der Waals surface area contributed by atoms with Gasteiger partial charge >= 0.3 is 0 Å². The van der Waals surface area contributed by atoms with Gasteiger partial charge in [-0.2, -0.15) is 0 Å². The molecule has 0 spiro atoms. The number of nitrogens with one attached hydrogen (secondary N) is 1. The van der Waals surface area contributed by atoms with Gasteiger partial charge in [-0.05, 0) is 24.3 Å². The van der Waals surface area contributed by atoms with E-state index in [4.69, 9.17) is 9.47 Å². The summed E-state index contributed by atoms with van der Waals surface area (Å²) in [7, 11) is 3.34. The van der Waals surface area contributed by atoms with Gasteiger partial charge < -0.3 is 14.8 Å². The van der Waals surface area contributed by atoms with Crippen LogP contribution in [-0.2, 0) is 9.47 Å². The van der Waals surface area contributed by atoms with Gasteiger partial charge in [-0.25, -0.2) is 0 Å². The lowest BCUT2D eigenvalue weighted by Crippen LogP contribution is -2.44. The molecule has 1 fully saturated rings. The number of ether oxygens (including phenoxy) is 2. The summed E-state index contributed by atoms with van der Waals surface area (Å²) in [6.07, 6.45) is 2.29. The number of methoxy groups -OCH3 is 2. The van der Waals surface area contributed by atoms with Gasteiger partial charge in [0.25, 0.3) is 0 Å². The molecule has 0 aromatic heterocycles. The Labute approximate surface area is 103 Å². The van der Waals surface area contributed by atoms with Crippen molar-refractivity contribution in [1.29, 1.82) is 0 Å². The highest BCUT2D eigenvalue weighted by Crippen LogP contribution is 2.36. The van der Waals surface area contributed by atoms with E-state index in [0.29, 0.717) is 6.04 Å². The van der Waals surface area contributed by atoms with Gasteiger partial charge in [0.15, 0.2) is 6.29 Å². The Morgan fingerprint density at radius 3 is 2.41 bits per heavy atom. The minimum Gasteiger partial charge on any atom is -0.355 e. The molecule has 2 rings (SSSR count). The normalized spacial score (nSPS) is 23.7. The molecule has 1 saturated carbocycles. The fourth-order valence-electron chi connectivity index (χ4n) is 2.31. The highest BCUT2D eigenvalue weighted by atomic mass is 16.7. The van der Waals surface area contributed by atoms with Gasteiger partial charge in [0.2, 0.25) is 0 Å². The maximum Gasteiger partial charge on any atom is 0.169 e. The second-order valence-electron chi connectivity index (χ2n) is 4.59. The summed E-state index contributed by atoms with van der Waals surface area (Å²) in [6, 6.07) is 11.3. The Kier molecular flexibility index (Phi) is 4.54. The molecule has 0 atom stereocenters. The van der Waals surface area contributed by atoms with E-state index in [9.17, 15) is 0 Å². The molecule has 1 N–H and O–H groups in total. The first-order valence-corrected chi connectivity index (χ1v) is 6.17. The van der Waals surface area contributed by atoms with E-state index in [1.165, 1.54) is 18.4 Å². The smallest absolute Gasteiger partial charge is 0.169 e. The average Bonchev–Trinajstić information content (AvgIpc) is 2.33. The zero-order valence-electron chi connectivity index (χ0n) is 10.6. The highest BCUT2D eigenvalue weighted by molar-refractivity contribution is 5.22. The first-order valence-electron chi connectivity index (χ1n) is 6.17. The standard InChI is InChI=1S/C14H21NO2/c1-16-14(17-2)10-15-13-8-12(9-13)11-6-4-3-5-7-11/h3-7,12-15H,8-10H2,1-2H3. The molecule has 0 radical (unpaired) electrons. The fourth-order valence-corrected chi connectivity index (χ4v) is 2.31. The quantitative estimate of drug-likeness (QED) is 0.766. The van der Waals surface area contributed by atoms with Crippen LogP contribution in [0.3, 0.4) is 0 Å². The molecule has 3 nitrogen and oxygen atoms in total. The van der Waals surface area contributed by atoms with Crippen LogP contribution in [0.4, 0.5) is 0 Å². The molecule has 1 aromatic carbocycles. The molecular weight excluding hydrogens is 214 g/mol. The topological polar surface area (TPSA) is 30.5 Å². The summed E-state index contributed by atoms with van der Waals surface area (Å²) in [5.74, 6) is 0.720. The molecule has 1 aromatic rings. The molecule has 3 heteroatoms. The summed E-state index contributed by atoms with van der Waals surface area (Å²) in [5, 5.41) is 3.47. The number of rotatable bonds is 6. The Morgan fingerprint density at radius 2 is 1.82 bits per heavy atom. The van der Waals surface area contributed by atoms with Gasteiger partial charge in [0.05, 0.1) is 0 Å². The highest BCUT2D eigenvalue weighted by Gasteiger charge is 2.30. The molecule has 0 aliphatic heterocycles. The minimum atomic E-state index is -0.134. The van der Waals surface area contributed by atoms with Gasteiger partial charge in [-0.1, -0.05) is 30.3 Å². The molecule has 0 heterocycles. The van der Waals surface area contributed by atoms with E-state index >= 15 is 0 Å². The van der Waals surface area contributed by atoms with Crippen molar-refractivity contribution >= 4 is 0 Å². The van der Waals surface area contributed by atoms with Crippen LogP contribution in [0.25, 0.3) is 0 Å². The minimum absolute atomic E-state index is 0.134. The van der Waals surface area contributed by atoms with E-state index in [2.05, 4.69) is 35.6 Å². The second kappa shape index (κ2) is 6.15. The lowest BCUT2D eigenvalue weighted by atomic mass is 9.76. The van der Waals surface area contributed by atoms with Crippen LogP contribution in [0.2, 0.25) is 0 Å². The van der Waals surface area contributed by atoms with E-state index in [0.717, 1.165) is 12.5 Å². The number of hydrogen-bond acceptors (Lipinski definition) is 3. The molecule has 0 unspecified atom stereocenters. The van der Waals surface area contributed by atoms with E-state index in [-0.39, 0.29) is 6.29 Å². The van der Waals surface area contributed by atoms with Gasteiger partial charge in [0, 0.05) is 26.8 Å². The van der Waals surface area contributed by atoms with E-state index in [1.807, 2.05) is 0 Å². The van der Waals surface area contributed by atoms with E-state index < -0.39 is 0 Å². The van der Waals surface area contributed by atoms with Crippen LogP contribution >= 0.6 is 0 Å². The lowest BCUT2D eigenvalue weighted by Gasteiger charge is -2.37. The van der Waals surface area contributed by atoms with Crippen LogP contribution < -0.4 is 5.32 Å². The van der Waals surface area contributed by atoms with Crippen molar-refractivity contribution in [2.24, 2.45) is 0 Å². The zero-order chi connectivity index (χ0) is 12.1. The maximum atomic E-state index is 5.15. The third-order valence-electron chi connectivity index (χ3n) is 3.51. The first-order chi connectivity index (χ1) is 8.33.